The number of hydrogen-bond donors (Lipinski definition) is 0. The van der Waals surface area contributed by atoms with Gasteiger partial charge in [-0.1, -0.05) is 95.9 Å². The molecular weight excluding hydrogens is 432 g/mol. The first-order valence-corrected chi connectivity index (χ1v) is 16.6. The van der Waals surface area contributed by atoms with Crippen LogP contribution in [0.3, 0.4) is 0 Å². The molecule has 0 spiro atoms. The zero-order valence-corrected chi connectivity index (χ0v) is 26.3. The van der Waals surface area contributed by atoms with Crippen LogP contribution in [0, 0.1) is 105 Å². The highest BCUT2D eigenvalue weighted by molar-refractivity contribution is 5.21. The predicted molar refractivity (Wildman–Crippen MR) is 154 cm³/mol. The van der Waals surface area contributed by atoms with Gasteiger partial charge in [0.25, 0.3) is 0 Å². The lowest BCUT2D eigenvalue weighted by Crippen LogP contribution is -2.50. The van der Waals surface area contributed by atoms with Crippen molar-refractivity contribution in [2.24, 2.45) is 105 Å². The molecule has 7 fully saturated rings. The molecule has 0 aromatic heterocycles. The second-order valence-electron chi connectivity index (χ2n) is 17.9. The van der Waals surface area contributed by atoms with E-state index < -0.39 is 0 Å². The van der Waals surface area contributed by atoms with E-state index in [0.29, 0.717) is 21.7 Å². The Morgan fingerprint density at radius 3 is 1.06 bits per heavy atom. The summed E-state index contributed by atoms with van der Waals surface area (Å²) in [5.41, 5.74) is 2.28. The lowest BCUT2D eigenvalue weighted by molar-refractivity contribution is -0.0704. The molecule has 0 radical (unpaired) electrons. The van der Waals surface area contributed by atoms with Crippen molar-refractivity contribution >= 4 is 0 Å². The summed E-state index contributed by atoms with van der Waals surface area (Å²) in [5, 5.41) is 0. The Bertz CT molecular complexity index is 762. The lowest BCUT2D eigenvalue weighted by Gasteiger charge is -2.55. The van der Waals surface area contributed by atoms with Crippen LogP contribution >= 0.6 is 0 Å². The van der Waals surface area contributed by atoms with Gasteiger partial charge in [-0.15, -0.1) is 0 Å². The first-order chi connectivity index (χ1) is 16.6. The third-order valence-electron chi connectivity index (χ3n) is 17.2. The quantitative estimate of drug-likeness (QED) is 0.335. The van der Waals surface area contributed by atoms with Crippen LogP contribution in [0.1, 0.15) is 122 Å². The molecule has 7 saturated carbocycles. The van der Waals surface area contributed by atoms with Gasteiger partial charge in [0, 0.05) is 0 Å². The van der Waals surface area contributed by atoms with Crippen LogP contribution in [0.5, 0.6) is 0 Å². The summed E-state index contributed by atoms with van der Waals surface area (Å²) in [6, 6.07) is 0. The number of fused-ring (bicyclic) bond motifs is 14. The van der Waals surface area contributed by atoms with Crippen molar-refractivity contribution in [2.45, 2.75) is 122 Å². The van der Waals surface area contributed by atoms with Crippen molar-refractivity contribution in [3.05, 3.63) is 0 Å². The molecule has 206 valence electrons. The van der Waals surface area contributed by atoms with Gasteiger partial charge in [0.05, 0.1) is 0 Å². The molecule has 14 atom stereocenters. The second-order valence-corrected chi connectivity index (χ2v) is 17.9. The van der Waals surface area contributed by atoms with Crippen LogP contribution in [0.4, 0.5) is 0 Å². The van der Waals surface area contributed by atoms with E-state index in [4.69, 9.17) is 0 Å². The van der Waals surface area contributed by atoms with Crippen molar-refractivity contribution in [2.75, 3.05) is 0 Å². The van der Waals surface area contributed by atoms with Gasteiger partial charge in [0.15, 0.2) is 0 Å². The minimum Gasteiger partial charge on any atom is -0.0651 e. The van der Waals surface area contributed by atoms with E-state index in [1.807, 2.05) is 0 Å². The Balaban J connectivity index is 0.000000133. The van der Waals surface area contributed by atoms with E-state index in [0.717, 1.165) is 82.9 Å². The van der Waals surface area contributed by atoms with Crippen LogP contribution < -0.4 is 0 Å². The Morgan fingerprint density at radius 1 is 0.444 bits per heavy atom. The molecule has 0 aromatic rings. The fourth-order valence-electron chi connectivity index (χ4n) is 13.8. The Hall–Kier alpha value is 0. The first kappa shape index (κ1) is 26.2. The molecule has 0 nitrogen and oxygen atoms in total. The van der Waals surface area contributed by atoms with E-state index in [9.17, 15) is 0 Å². The molecule has 0 heteroatoms. The Kier molecular flexibility index (Phi) is 5.69. The van der Waals surface area contributed by atoms with Crippen molar-refractivity contribution in [3.8, 4) is 0 Å². The molecule has 7 aliphatic rings. The Labute approximate surface area is 225 Å². The highest BCUT2D eigenvalue weighted by Crippen LogP contribution is 2.79. The van der Waals surface area contributed by atoms with Gasteiger partial charge in [-0.3, -0.25) is 0 Å². The molecule has 6 bridgehead atoms. The zero-order chi connectivity index (χ0) is 26.3. The minimum absolute atomic E-state index is 0.564. The smallest absolute Gasteiger partial charge is 0.0269 e. The maximum atomic E-state index is 2.58. The van der Waals surface area contributed by atoms with Gasteiger partial charge in [-0.25, -0.2) is 0 Å². The van der Waals surface area contributed by atoms with Gasteiger partial charge < -0.3 is 0 Å². The maximum absolute atomic E-state index is 2.58. The van der Waals surface area contributed by atoms with Crippen LogP contribution in [-0.4, -0.2) is 0 Å². The first-order valence-electron chi connectivity index (χ1n) is 16.6. The van der Waals surface area contributed by atoms with Gasteiger partial charge in [0.1, 0.15) is 0 Å². The maximum Gasteiger partial charge on any atom is -0.0269 e. The topological polar surface area (TPSA) is 0 Å². The van der Waals surface area contributed by atoms with E-state index in [1.165, 1.54) is 12.8 Å². The van der Waals surface area contributed by atoms with Crippen molar-refractivity contribution in [1.82, 2.24) is 0 Å². The molecule has 7 rings (SSSR count). The van der Waals surface area contributed by atoms with Crippen LogP contribution in [0.2, 0.25) is 0 Å². The molecule has 0 amide bonds. The molecule has 0 N–H and O–H groups in total. The SMILES string of the molecule is CC1C(C)C2CC1C1C2C2CC1C(C)(C)C2(C)C.CCC1CC(CC)C2C1C1CC2C(C)(C)C1(C)C. The van der Waals surface area contributed by atoms with E-state index in [1.54, 1.807) is 25.7 Å². The molecule has 0 heterocycles. The fraction of sp³-hybridized carbons (Fsp3) is 1.00. The highest BCUT2D eigenvalue weighted by Gasteiger charge is 2.73. The molecule has 0 aromatic carbocycles. The molecule has 14 unspecified atom stereocenters. The molecule has 0 aliphatic heterocycles. The van der Waals surface area contributed by atoms with Gasteiger partial charge >= 0.3 is 0 Å². The third-order valence-corrected chi connectivity index (χ3v) is 17.2. The predicted octanol–water partition coefficient (Wildman–Crippen LogP) is 10.2. The fourth-order valence-corrected chi connectivity index (χ4v) is 13.8. The van der Waals surface area contributed by atoms with E-state index >= 15 is 0 Å². The number of hydrogen-bond acceptors (Lipinski definition) is 0. The average molecular weight is 495 g/mol. The zero-order valence-electron chi connectivity index (χ0n) is 26.3. The number of rotatable bonds is 2. The summed E-state index contributed by atoms with van der Waals surface area (Å²) in [7, 11) is 0. The summed E-state index contributed by atoms with van der Waals surface area (Å²) in [4.78, 5) is 0. The molecule has 7 aliphatic carbocycles. The van der Waals surface area contributed by atoms with E-state index in [-0.39, 0.29) is 0 Å². The normalized spacial score (nSPS) is 57.0. The van der Waals surface area contributed by atoms with Gasteiger partial charge in [-0.05, 0) is 130 Å². The minimum atomic E-state index is 0.564. The summed E-state index contributed by atoms with van der Waals surface area (Å²) in [5.74, 6) is 14.7. The molecule has 0 saturated heterocycles. The average Bonchev–Trinajstić information content (AvgIpc) is 3.60. The van der Waals surface area contributed by atoms with Gasteiger partial charge in [0.2, 0.25) is 0 Å². The second kappa shape index (κ2) is 7.80. The largest absolute Gasteiger partial charge is 0.0651 e. The molecule has 36 heavy (non-hydrogen) atoms. The van der Waals surface area contributed by atoms with Crippen LogP contribution in [0.25, 0.3) is 0 Å². The van der Waals surface area contributed by atoms with Gasteiger partial charge in [-0.2, -0.15) is 0 Å². The highest BCUT2D eigenvalue weighted by atomic mass is 14.8. The van der Waals surface area contributed by atoms with Crippen molar-refractivity contribution in [1.29, 1.82) is 0 Å². The lowest BCUT2D eigenvalue weighted by atomic mass is 9.50. The summed E-state index contributed by atoms with van der Waals surface area (Å²) >= 11 is 0. The third kappa shape index (κ3) is 2.85. The summed E-state index contributed by atoms with van der Waals surface area (Å²) in [6.45, 7) is 30.6. The van der Waals surface area contributed by atoms with Crippen molar-refractivity contribution < 1.29 is 0 Å². The van der Waals surface area contributed by atoms with Crippen LogP contribution in [0.15, 0.2) is 0 Å². The molecular formula is C36H62. The summed E-state index contributed by atoms with van der Waals surface area (Å²) in [6.07, 6.45) is 9.08. The van der Waals surface area contributed by atoms with Crippen LogP contribution in [-0.2, 0) is 0 Å². The van der Waals surface area contributed by atoms with Crippen molar-refractivity contribution in [3.63, 3.8) is 0 Å². The Morgan fingerprint density at radius 2 is 0.750 bits per heavy atom. The van der Waals surface area contributed by atoms with E-state index in [2.05, 4.69) is 83.1 Å². The summed E-state index contributed by atoms with van der Waals surface area (Å²) < 4.78 is 0. The monoisotopic (exact) mass is 494 g/mol. The standard InChI is InChI=1S/C18H30.C18H32/c1-9-10(2)12-7-11(9)15-13-8-14(16(12)15)18(5,6)17(13,3)4;1-7-11-9-12(8-2)16-14-10-13(15(11)16)17(3,4)18(14,5)6/h9-16H,7-8H2,1-6H3;11-16H,7-10H2,1-6H3.